The summed E-state index contributed by atoms with van der Waals surface area (Å²) >= 11 is 0. The van der Waals surface area contributed by atoms with Crippen molar-refractivity contribution in [3.05, 3.63) is 88.0 Å². The van der Waals surface area contributed by atoms with Crippen LogP contribution in [0.3, 0.4) is 0 Å². The number of aryl methyl sites for hydroxylation is 2. The number of fused-ring (bicyclic) bond motifs is 1. The fourth-order valence-electron chi connectivity index (χ4n) is 3.51. The molecule has 2 aromatic carbocycles. The summed E-state index contributed by atoms with van der Waals surface area (Å²) in [4.78, 5) is 25.3. The lowest BCUT2D eigenvalue weighted by molar-refractivity contribution is 0.0952. The van der Waals surface area contributed by atoms with Crippen molar-refractivity contribution in [3.8, 4) is 17.0 Å². The Hall–Kier alpha value is -3.87. The lowest BCUT2D eigenvalue weighted by Crippen LogP contribution is -2.31. The highest BCUT2D eigenvalue weighted by Crippen LogP contribution is 2.21. The number of amides is 1. The zero-order valence-electron chi connectivity index (χ0n) is 18.5. The molecule has 0 bridgehead atoms. The average molecular weight is 431 g/mol. The second-order valence-electron chi connectivity index (χ2n) is 7.67. The molecule has 1 amide bonds. The zero-order valence-corrected chi connectivity index (χ0v) is 18.5. The second kappa shape index (κ2) is 9.09. The van der Waals surface area contributed by atoms with Gasteiger partial charge in [0.1, 0.15) is 11.3 Å². The number of ether oxygens (including phenoxy) is 1. The third-order valence-corrected chi connectivity index (χ3v) is 5.47. The van der Waals surface area contributed by atoms with E-state index in [2.05, 4.69) is 10.4 Å². The minimum atomic E-state index is -0.155. The van der Waals surface area contributed by atoms with E-state index in [0.29, 0.717) is 36.5 Å². The molecular weight excluding hydrogens is 404 g/mol. The van der Waals surface area contributed by atoms with Crippen molar-refractivity contribution >= 4 is 11.4 Å². The summed E-state index contributed by atoms with van der Waals surface area (Å²) in [5.41, 5.74) is 4.78. The van der Waals surface area contributed by atoms with Crippen LogP contribution in [0.1, 0.15) is 28.4 Å². The smallest absolute Gasteiger partial charge is 0.276 e. The first-order valence-corrected chi connectivity index (χ1v) is 10.6. The van der Waals surface area contributed by atoms with E-state index < -0.39 is 0 Å². The van der Waals surface area contributed by atoms with Crippen LogP contribution in [0.25, 0.3) is 16.8 Å². The van der Waals surface area contributed by atoms with Gasteiger partial charge in [-0.3, -0.25) is 9.59 Å². The Bertz CT molecular complexity index is 1320. The molecule has 0 spiro atoms. The number of nitrogens with one attached hydrogen (secondary N) is 1. The molecule has 0 aliphatic carbocycles. The molecule has 1 N–H and O–H groups in total. The van der Waals surface area contributed by atoms with Crippen molar-refractivity contribution in [1.82, 2.24) is 19.5 Å². The number of hydrogen-bond acceptors (Lipinski definition) is 4. The van der Waals surface area contributed by atoms with Crippen LogP contribution in [0.4, 0.5) is 0 Å². The van der Waals surface area contributed by atoms with E-state index in [1.165, 1.54) is 0 Å². The van der Waals surface area contributed by atoms with Gasteiger partial charge in [-0.05, 0) is 74.4 Å². The molecule has 4 aromatic rings. The maximum absolute atomic E-state index is 12.9. The van der Waals surface area contributed by atoms with Crippen LogP contribution in [0.2, 0.25) is 0 Å². The molecular formula is C25H26N4O3. The normalized spacial score (nSPS) is 11.0. The topological polar surface area (TPSA) is 77.6 Å². The summed E-state index contributed by atoms with van der Waals surface area (Å²) in [5, 5.41) is 7.40. The maximum atomic E-state index is 12.9. The molecule has 7 nitrogen and oxygen atoms in total. The molecule has 0 unspecified atom stereocenters. The largest absolute Gasteiger partial charge is 0.494 e. The number of hydrogen-bond donors (Lipinski definition) is 1. The predicted octanol–water partition coefficient (Wildman–Crippen LogP) is 3.61. The highest BCUT2D eigenvalue weighted by Gasteiger charge is 2.11. The first-order chi connectivity index (χ1) is 15.5. The molecule has 0 atom stereocenters. The molecule has 2 heterocycles. The summed E-state index contributed by atoms with van der Waals surface area (Å²) < 4.78 is 8.64. The molecule has 0 aliphatic heterocycles. The van der Waals surface area contributed by atoms with Crippen molar-refractivity contribution in [1.29, 1.82) is 0 Å². The molecule has 0 aliphatic rings. The summed E-state index contributed by atoms with van der Waals surface area (Å²) in [6.07, 6.45) is 3.44. The summed E-state index contributed by atoms with van der Waals surface area (Å²) in [6.45, 7) is 7.26. The highest BCUT2D eigenvalue weighted by molar-refractivity contribution is 5.94. The van der Waals surface area contributed by atoms with Gasteiger partial charge in [0, 0.05) is 36.6 Å². The minimum Gasteiger partial charge on any atom is -0.494 e. The van der Waals surface area contributed by atoms with Gasteiger partial charge in [0.25, 0.3) is 11.5 Å². The molecule has 4 rings (SSSR count). The molecule has 164 valence electrons. The molecule has 0 saturated carbocycles. The van der Waals surface area contributed by atoms with E-state index in [1.807, 2.05) is 63.2 Å². The van der Waals surface area contributed by atoms with E-state index in [-0.39, 0.29) is 11.5 Å². The number of carbonyl (C=O) groups is 1. The second-order valence-corrected chi connectivity index (χ2v) is 7.67. The Morgan fingerprint density at radius 3 is 2.53 bits per heavy atom. The third-order valence-electron chi connectivity index (χ3n) is 5.47. The van der Waals surface area contributed by atoms with Crippen LogP contribution in [0, 0.1) is 13.8 Å². The van der Waals surface area contributed by atoms with Gasteiger partial charge in [0.05, 0.1) is 12.3 Å². The predicted molar refractivity (Wildman–Crippen MR) is 124 cm³/mol. The Morgan fingerprint density at radius 1 is 1.03 bits per heavy atom. The van der Waals surface area contributed by atoms with Crippen molar-refractivity contribution in [2.45, 2.75) is 27.3 Å². The molecule has 0 saturated heterocycles. The Kier molecular flexibility index (Phi) is 6.07. The summed E-state index contributed by atoms with van der Waals surface area (Å²) in [7, 11) is 0. The zero-order chi connectivity index (χ0) is 22.7. The van der Waals surface area contributed by atoms with Gasteiger partial charge in [-0.1, -0.05) is 6.07 Å². The SMILES string of the molecule is CCOc1ccc(-c2cc3c(=O)n(CCNC(=O)c4ccc(C)c(C)c4)ccn3n2)cc1. The monoisotopic (exact) mass is 430 g/mol. The molecule has 0 radical (unpaired) electrons. The molecule has 7 heteroatoms. The minimum absolute atomic E-state index is 0.149. The standard InChI is InChI=1S/C25H26N4O3/c1-4-32-21-9-7-19(8-10-21)22-16-23-25(31)28(13-14-29(23)27-22)12-11-26-24(30)20-6-5-17(2)18(3)15-20/h5-10,13-16H,4,11-12H2,1-3H3,(H,26,30). The van der Waals surface area contributed by atoms with Crippen LogP contribution < -0.4 is 15.6 Å². The summed E-state index contributed by atoms with van der Waals surface area (Å²) in [5.74, 6) is 0.648. The number of rotatable bonds is 7. The van der Waals surface area contributed by atoms with Crippen LogP contribution >= 0.6 is 0 Å². The maximum Gasteiger partial charge on any atom is 0.276 e. The van der Waals surface area contributed by atoms with Gasteiger partial charge in [-0.25, -0.2) is 4.52 Å². The Morgan fingerprint density at radius 2 is 1.81 bits per heavy atom. The lowest BCUT2D eigenvalue weighted by atomic mass is 10.1. The van der Waals surface area contributed by atoms with Gasteiger partial charge < -0.3 is 14.6 Å². The van der Waals surface area contributed by atoms with Gasteiger partial charge in [-0.2, -0.15) is 5.10 Å². The quantitative estimate of drug-likeness (QED) is 0.486. The van der Waals surface area contributed by atoms with E-state index >= 15 is 0 Å². The first kappa shape index (κ1) is 21.4. The number of benzene rings is 2. The van der Waals surface area contributed by atoms with Gasteiger partial charge in [-0.15, -0.1) is 0 Å². The van der Waals surface area contributed by atoms with Crippen LogP contribution in [-0.2, 0) is 6.54 Å². The Balaban J connectivity index is 1.47. The first-order valence-electron chi connectivity index (χ1n) is 10.6. The van der Waals surface area contributed by atoms with E-state index in [0.717, 1.165) is 22.4 Å². The fourth-order valence-corrected chi connectivity index (χ4v) is 3.51. The highest BCUT2D eigenvalue weighted by atomic mass is 16.5. The van der Waals surface area contributed by atoms with Crippen molar-refractivity contribution in [3.63, 3.8) is 0 Å². The fraction of sp³-hybridized carbons (Fsp3) is 0.240. The average Bonchev–Trinajstić information content (AvgIpc) is 3.23. The van der Waals surface area contributed by atoms with Crippen molar-refractivity contribution < 1.29 is 9.53 Å². The van der Waals surface area contributed by atoms with Crippen LogP contribution in [0.5, 0.6) is 5.75 Å². The van der Waals surface area contributed by atoms with Gasteiger partial charge in [0.2, 0.25) is 0 Å². The number of nitrogens with zero attached hydrogens (tertiary/aromatic N) is 3. The van der Waals surface area contributed by atoms with Crippen LogP contribution in [0.15, 0.2) is 65.7 Å². The third kappa shape index (κ3) is 4.42. The number of aromatic nitrogens is 3. The summed E-state index contributed by atoms with van der Waals surface area (Å²) in [6, 6.07) is 15.0. The Labute approximate surface area is 186 Å². The lowest BCUT2D eigenvalue weighted by Gasteiger charge is -2.09. The van der Waals surface area contributed by atoms with Crippen LogP contribution in [-0.4, -0.2) is 33.2 Å². The number of carbonyl (C=O) groups excluding carboxylic acids is 1. The molecule has 32 heavy (non-hydrogen) atoms. The molecule has 2 aromatic heterocycles. The van der Waals surface area contributed by atoms with Gasteiger partial charge in [0.15, 0.2) is 0 Å². The van der Waals surface area contributed by atoms with Crippen molar-refractivity contribution in [2.24, 2.45) is 0 Å². The molecule has 0 fully saturated rings. The van der Waals surface area contributed by atoms with Crippen molar-refractivity contribution in [2.75, 3.05) is 13.2 Å². The van der Waals surface area contributed by atoms with E-state index in [1.54, 1.807) is 27.5 Å². The van der Waals surface area contributed by atoms with Gasteiger partial charge >= 0.3 is 0 Å². The van der Waals surface area contributed by atoms with E-state index in [9.17, 15) is 9.59 Å². The van der Waals surface area contributed by atoms with E-state index in [4.69, 9.17) is 4.74 Å².